The summed E-state index contributed by atoms with van der Waals surface area (Å²) in [6, 6.07) is 11.5. The number of pyridine rings is 1. The molecule has 2 aromatic heterocycles. The van der Waals surface area contributed by atoms with Crippen molar-refractivity contribution in [2.45, 2.75) is 36.7 Å². The van der Waals surface area contributed by atoms with Crippen molar-refractivity contribution < 1.29 is 41.7 Å². The van der Waals surface area contributed by atoms with Gasteiger partial charge in [0.1, 0.15) is 23.3 Å². The van der Waals surface area contributed by atoms with E-state index < -0.39 is 38.7 Å². The van der Waals surface area contributed by atoms with E-state index in [4.69, 9.17) is 25.8 Å². The number of rotatable bonds is 12. The predicted molar refractivity (Wildman–Crippen MR) is 221 cm³/mol. The number of anilines is 3. The first-order valence-corrected chi connectivity index (χ1v) is 20.5. The first-order valence-electron chi connectivity index (χ1n) is 18.7. The number of benzene rings is 3. The van der Waals surface area contributed by atoms with Crippen molar-refractivity contribution in [3.8, 4) is 17.4 Å². The summed E-state index contributed by atoms with van der Waals surface area (Å²) in [6.45, 7) is 3.20. The van der Waals surface area contributed by atoms with Crippen LogP contribution in [0.4, 0.5) is 27.3 Å². The second-order valence-corrected chi connectivity index (χ2v) is 16.5. The Morgan fingerprint density at radius 1 is 1.02 bits per heavy atom. The number of ether oxygens (including phenoxy) is 3. The van der Waals surface area contributed by atoms with Crippen molar-refractivity contribution in [3.05, 3.63) is 93.2 Å². The Bertz CT molecular complexity index is 2780. The van der Waals surface area contributed by atoms with Crippen molar-refractivity contribution in [2.75, 3.05) is 62.2 Å². The van der Waals surface area contributed by atoms with Gasteiger partial charge in [0.25, 0.3) is 21.8 Å². The Kier molecular flexibility index (Phi) is 10.6. The lowest BCUT2D eigenvalue weighted by molar-refractivity contribution is -0.112. The van der Waals surface area contributed by atoms with Crippen LogP contribution in [0.2, 0.25) is 5.02 Å². The minimum Gasteiger partial charge on any atom is -0.492 e. The number of carboxylic acids is 1. The molecule has 2 N–H and O–H groups in total. The third-order valence-electron chi connectivity index (χ3n) is 10.7. The van der Waals surface area contributed by atoms with Crippen molar-refractivity contribution in [1.29, 1.82) is 0 Å². The first-order chi connectivity index (χ1) is 28.7. The summed E-state index contributed by atoms with van der Waals surface area (Å²) in [5.41, 5.74) is 0.809. The maximum absolute atomic E-state index is 16.1. The molecule has 60 heavy (non-hydrogen) atoms. The van der Waals surface area contributed by atoms with Crippen LogP contribution in [0.25, 0.3) is 10.9 Å². The number of piperazine rings is 1. The van der Waals surface area contributed by atoms with E-state index in [0.717, 1.165) is 25.2 Å². The quantitative estimate of drug-likeness (QED) is 0.169. The van der Waals surface area contributed by atoms with Gasteiger partial charge in [-0.15, -0.1) is 0 Å². The molecular formula is C40H38ClFN8O9S. The number of methoxy groups -OCH3 is 3. The van der Waals surface area contributed by atoms with Gasteiger partial charge >= 0.3 is 5.97 Å². The number of hydrogen-bond acceptors (Lipinski definition) is 13. The molecule has 3 aromatic carbocycles. The lowest BCUT2D eigenvalue weighted by Gasteiger charge is -2.42. The molecule has 1 saturated carbocycles. The number of carbonyl (C=O) groups excluding carboxylic acids is 1. The Morgan fingerprint density at radius 2 is 1.75 bits per heavy atom. The highest BCUT2D eigenvalue weighted by atomic mass is 35.5. The largest absolute Gasteiger partial charge is 0.492 e. The molecule has 1 saturated heterocycles. The van der Waals surface area contributed by atoms with Crippen LogP contribution in [-0.2, 0) is 14.8 Å². The Balaban J connectivity index is 1.03. The Morgan fingerprint density at radius 3 is 2.40 bits per heavy atom. The number of carboxylic acid groups (broad SMARTS) is 1. The fourth-order valence-corrected chi connectivity index (χ4v) is 8.81. The van der Waals surface area contributed by atoms with E-state index in [9.17, 15) is 27.9 Å². The number of aromatic nitrogens is 3. The molecule has 0 bridgehead atoms. The third kappa shape index (κ3) is 7.21. The molecule has 3 aliphatic rings. The summed E-state index contributed by atoms with van der Waals surface area (Å²) >= 11 is 6.40. The summed E-state index contributed by atoms with van der Waals surface area (Å²) in [4.78, 5) is 57.2. The normalized spacial score (nSPS) is 17.6. The minimum absolute atomic E-state index is 0.00352. The number of halogens is 2. The molecule has 1 unspecified atom stereocenters. The molecule has 1 atom stereocenters. The second-order valence-electron chi connectivity index (χ2n) is 14.4. The molecule has 2 aliphatic heterocycles. The molecule has 20 heteroatoms. The molecular weight excluding hydrogens is 823 g/mol. The number of nitrogens with one attached hydrogen (secondary N) is 1. The van der Waals surface area contributed by atoms with Gasteiger partial charge in [0.15, 0.2) is 17.4 Å². The fraction of sp³-hybridized carbons (Fsp3) is 0.300. The number of fused-ring (bicyclic) bond motifs is 2. The summed E-state index contributed by atoms with van der Waals surface area (Å²) in [5.74, 6) is -2.41. The van der Waals surface area contributed by atoms with Crippen LogP contribution in [0.1, 0.15) is 41.7 Å². The monoisotopic (exact) mass is 860 g/mol. The van der Waals surface area contributed by atoms with Gasteiger partial charge in [-0.2, -0.15) is 4.98 Å². The highest BCUT2D eigenvalue weighted by Gasteiger charge is 2.38. The van der Waals surface area contributed by atoms with Crippen LogP contribution in [0, 0.1) is 5.82 Å². The van der Waals surface area contributed by atoms with Gasteiger partial charge in [-0.1, -0.05) is 11.6 Å². The molecule has 312 valence electrons. The standard InChI is InChI=1S/C40H38ClFN8O9S/c1-21-17-47(33-29(42)16-27-32(35(33)57-2)49(24-8-9-24)18-28(34(27)51)40(53)54)13-14-48(21)20-50-30-12-5-22(41)15-26(30)31(39(50)52)45-23-6-10-25(11-7-23)60(55,56)46-37-36(58-3)38(59-4)44-19-43-37/h5-7,10-12,15-16,18-19,21,24H,8-9,13-14,17,20H2,1-4H3,(H,53,54)(H,43,44,46). The minimum atomic E-state index is -4.14. The van der Waals surface area contributed by atoms with Crippen LogP contribution in [0.3, 0.4) is 0 Å². The smallest absolute Gasteiger partial charge is 0.341 e. The fourth-order valence-electron chi connectivity index (χ4n) is 7.62. The van der Waals surface area contributed by atoms with Crippen LogP contribution in [0.15, 0.2) is 75.7 Å². The van der Waals surface area contributed by atoms with Gasteiger partial charge in [0.2, 0.25) is 11.2 Å². The molecule has 17 nitrogen and oxygen atoms in total. The number of hydrogen-bond donors (Lipinski definition) is 2. The molecule has 4 heterocycles. The lowest BCUT2D eigenvalue weighted by atomic mass is 10.1. The number of carbonyl (C=O) groups is 2. The summed E-state index contributed by atoms with van der Waals surface area (Å²) < 4.78 is 62.9. The predicted octanol–water partition coefficient (Wildman–Crippen LogP) is 5.08. The number of aliphatic imine (C=N–C) groups is 1. The zero-order chi connectivity index (χ0) is 42.6. The van der Waals surface area contributed by atoms with Crippen molar-refractivity contribution in [2.24, 2.45) is 4.99 Å². The maximum Gasteiger partial charge on any atom is 0.341 e. The number of aromatic carboxylic acids is 1. The number of amides is 1. The number of sulfonamides is 1. The van der Waals surface area contributed by atoms with E-state index >= 15 is 4.39 Å². The van der Waals surface area contributed by atoms with Gasteiger partial charge in [-0.05, 0) is 68.3 Å². The van der Waals surface area contributed by atoms with E-state index in [1.807, 2.05) is 11.8 Å². The van der Waals surface area contributed by atoms with Gasteiger partial charge < -0.3 is 28.8 Å². The number of nitrogens with zero attached hydrogens (tertiary/aromatic N) is 7. The van der Waals surface area contributed by atoms with Crippen molar-refractivity contribution in [1.82, 2.24) is 19.4 Å². The SMILES string of the molecule is COc1ncnc(NS(=O)(=O)c2ccc(N=C3C(=O)N(CN4CCN(c5c(F)cc6c(=O)c(C(=O)O)cn(C7CC7)c6c5OC)CC4C)c4ccc(Cl)cc43)cc2)c1OC. The second kappa shape index (κ2) is 15.7. The highest BCUT2D eigenvalue weighted by molar-refractivity contribution is 7.92. The van der Waals surface area contributed by atoms with Crippen LogP contribution in [0.5, 0.6) is 17.4 Å². The maximum atomic E-state index is 16.1. The molecule has 5 aromatic rings. The zero-order valence-electron chi connectivity index (χ0n) is 32.7. The van der Waals surface area contributed by atoms with Crippen molar-refractivity contribution >= 4 is 73.0 Å². The molecule has 1 aliphatic carbocycles. The van der Waals surface area contributed by atoms with Crippen LogP contribution < -0.4 is 34.2 Å². The molecule has 0 radical (unpaired) electrons. The summed E-state index contributed by atoms with van der Waals surface area (Å²) in [7, 11) is -0.0558. The average Bonchev–Trinajstić information content (AvgIpc) is 4.04. The van der Waals surface area contributed by atoms with Crippen LogP contribution >= 0.6 is 11.6 Å². The van der Waals surface area contributed by atoms with Crippen molar-refractivity contribution in [3.63, 3.8) is 0 Å². The third-order valence-corrected chi connectivity index (χ3v) is 12.3. The molecule has 0 spiro atoms. The molecule has 2 fully saturated rings. The highest BCUT2D eigenvalue weighted by Crippen LogP contribution is 2.44. The summed E-state index contributed by atoms with van der Waals surface area (Å²) in [6.07, 6.45) is 4.02. The van der Waals surface area contributed by atoms with Gasteiger partial charge in [-0.3, -0.25) is 24.1 Å². The average molecular weight is 861 g/mol. The van der Waals surface area contributed by atoms with E-state index in [1.165, 1.54) is 51.8 Å². The van der Waals surface area contributed by atoms with E-state index in [0.29, 0.717) is 47.1 Å². The first kappa shape index (κ1) is 40.5. The molecule has 8 rings (SSSR count). The Hall–Kier alpha value is -6.31. The zero-order valence-corrected chi connectivity index (χ0v) is 34.3. The lowest BCUT2D eigenvalue weighted by Crippen LogP contribution is -2.55. The van der Waals surface area contributed by atoms with E-state index in [2.05, 4.69) is 24.6 Å². The van der Waals surface area contributed by atoms with Crippen LogP contribution in [-0.4, -0.2) is 104 Å². The van der Waals surface area contributed by atoms with Gasteiger partial charge in [0, 0.05) is 48.5 Å². The van der Waals surface area contributed by atoms with Gasteiger partial charge in [0.05, 0.1) is 55.2 Å². The van der Waals surface area contributed by atoms with E-state index in [1.54, 1.807) is 27.7 Å². The topological polar surface area (TPSA) is 198 Å². The van der Waals surface area contributed by atoms with Gasteiger partial charge in [-0.25, -0.2) is 27.6 Å². The Labute approximate surface area is 347 Å². The van der Waals surface area contributed by atoms with E-state index in [-0.39, 0.29) is 63.6 Å². The summed E-state index contributed by atoms with van der Waals surface area (Å²) in [5, 5.41) is 10.0. The molecule has 1 amide bonds.